The van der Waals surface area contributed by atoms with Crippen LogP contribution >= 0.6 is 0 Å². The Labute approximate surface area is 108 Å². The summed E-state index contributed by atoms with van der Waals surface area (Å²) in [5.74, 6) is 0.667. The molecule has 3 rings (SSSR count). The SMILES string of the molecule is Cc1cc(NC2CC2c2ccccc2)cc(C)n1. The molecule has 0 aliphatic heterocycles. The van der Waals surface area contributed by atoms with Crippen molar-refractivity contribution < 1.29 is 0 Å². The standard InChI is InChI=1S/C16H18N2/c1-11-8-14(9-12(2)17-11)18-16-10-15(16)13-6-4-3-5-7-13/h3-9,15-16H,10H2,1-2H3,(H,17,18). The molecule has 2 aromatic rings. The molecule has 1 aliphatic rings. The van der Waals surface area contributed by atoms with Crippen LogP contribution in [0.1, 0.15) is 29.3 Å². The van der Waals surface area contributed by atoms with Gasteiger partial charge in [-0.25, -0.2) is 0 Å². The number of nitrogens with zero attached hydrogens (tertiary/aromatic N) is 1. The molecule has 0 radical (unpaired) electrons. The summed E-state index contributed by atoms with van der Waals surface area (Å²) in [4.78, 5) is 4.40. The Morgan fingerprint density at radius 2 is 1.72 bits per heavy atom. The predicted molar refractivity (Wildman–Crippen MR) is 74.9 cm³/mol. The predicted octanol–water partition coefficient (Wildman–Crippen LogP) is 3.67. The molecule has 1 heterocycles. The van der Waals surface area contributed by atoms with Crippen LogP contribution in [0.3, 0.4) is 0 Å². The highest BCUT2D eigenvalue weighted by molar-refractivity contribution is 5.49. The summed E-state index contributed by atoms with van der Waals surface area (Å²) in [7, 11) is 0. The Kier molecular flexibility index (Phi) is 2.78. The van der Waals surface area contributed by atoms with Crippen molar-refractivity contribution in [2.45, 2.75) is 32.2 Å². The van der Waals surface area contributed by atoms with Crippen LogP contribution in [0.5, 0.6) is 0 Å². The lowest BCUT2D eigenvalue weighted by Gasteiger charge is -2.08. The van der Waals surface area contributed by atoms with E-state index in [1.807, 2.05) is 13.8 Å². The topological polar surface area (TPSA) is 24.9 Å². The summed E-state index contributed by atoms with van der Waals surface area (Å²) in [6.07, 6.45) is 1.23. The van der Waals surface area contributed by atoms with Gasteiger partial charge in [0.1, 0.15) is 0 Å². The van der Waals surface area contributed by atoms with E-state index >= 15 is 0 Å². The maximum atomic E-state index is 4.40. The molecule has 0 spiro atoms. The summed E-state index contributed by atoms with van der Waals surface area (Å²) in [5.41, 5.74) is 4.80. The average Bonchev–Trinajstić information content (AvgIpc) is 3.08. The lowest BCUT2D eigenvalue weighted by atomic mass is 10.1. The highest BCUT2D eigenvalue weighted by atomic mass is 15.0. The molecule has 1 fully saturated rings. The lowest BCUT2D eigenvalue weighted by molar-refractivity contribution is 1.04. The minimum atomic E-state index is 0.577. The molecule has 2 heteroatoms. The molecule has 1 aromatic carbocycles. The van der Waals surface area contributed by atoms with Gasteiger partial charge in [-0.1, -0.05) is 30.3 Å². The number of hydrogen-bond donors (Lipinski definition) is 1. The van der Waals surface area contributed by atoms with Crippen LogP contribution in [0.25, 0.3) is 0 Å². The molecule has 0 bridgehead atoms. The Balaban J connectivity index is 1.69. The number of nitrogens with one attached hydrogen (secondary N) is 1. The maximum absolute atomic E-state index is 4.40. The fraction of sp³-hybridized carbons (Fsp3) is 0.312. The van der Waals surface area contributed by atoms with Crippen LogP contribution in [0.4, 0.5) is 5.69 Å². The van der Waals surface area contributed by atoms with Crippen LogP contribution in [0.15, 0.2) is 42.5 Å². The summed E-state index contributed by atoms with van der Waals surface area (Å²) >= 11 is 0. The first-order valence-electron chi connectivity index (χ1n) is 6.49. The number of aryl methyl sites for hydroxylation is 2. The van der Waals surface area contributed by atoms with Gasteiger partial charge in [0.2, 0.25) is 0 Å². The minimum Gasteiger partial charge on any atom is -0.382 e. The zero-order valence-corrected chi connectivity index (χ0v) is 10.9. The van der Waals surface area contributed by atoms with Crippen molar-refractivity contribution in [3.63, 3.8) is 0 Å². The second-order valence-corrected chi connectivity index (χ2v) is 5.14. The largest absolute Gasteiger partial charge is 0.382 e. The quantitative estimate of drug-likeness (QED) is 0.882. The zero-order valence-electron chi connectivity index (χ0n) is 10.9. The summed E-state index contributed by atoms with van der Waals surface area (Å²) < 4.78 is 0. The van der Waals surface area contributed by atoms with E-state index in [9.17, 15) is 0 Å². The van der Waals surface area contributed by atoms with Gasteiger partial charge >= 0.3 is 0 Å². The van der Waals surface area contributed by atoms with E-state index in [1.165, 1.54) is 17.7 Å². The van der Waals surface area contributed by atoms with Crippen LogP contribution in [-0.2, 0) is 0 Å². The Morgan fingerprint density at radius 1 is 1.06 bits per heavy atom. The Morgan fingerprint density at radius 3 is 2.39 bits per heavy atom. The first-order chi connectivity index (χ1) is 8.72. The molecule has 2 nitrogen and oxygen atoms in total. The molecule has 92 valence electrons. The molecule has 0 amide bonds. The summed E-state index contributed by atoms with van der Waals surface area (Å²) in [6.45, 7) is 4.08. The molecule has 2 atom stereocenters. The molecule has 1 N–H and O–H groups in total. The normalized spacial score (nSPS) is 21.7. The van der Waals surface area contributed by atoms with E-state index in [1.54, 1.807) is 0 Å². The van der Waals surface area contributed by atoms with Gasteiger partial charge in [-0.05, 0) is 38.0 Å². The van der Waals surface area contributed by atoms with Crippen molar-refractivity contribution in [3.05, 3.63) is 59.4 Å². The number of aromatic nitrogens is 1. The van der Waals surface area contributed by atoms with Gasteiger partial charge in [-0.2, -0.15) is 0 Å². The summed E-state index contributed by atoms with van der Waals surface area (Å²) in [6, 6.07) is 15.6. The number of benzene rings is 1. The number of anilines is 1. The molecular weight excluding hydrogens is 220 g/mol. The van der Waals surface area contributed by atoms with Gasteiger partial charge in [0, 0.05) is 29.0 Å². The lowest BCUT2D eigenvalue weighted by Crippen LogP contribution is -2.05. The third kappa shape index (κ3) is 2.37. The second kappa shape index (κ2) is 4.45. The van der Waals surface area contributed by atoms with Crippen molar-refractivity contribution >= 4 is 5.69 Å². The molecule has 2 unspecified atom stereocenters. The number of hydrogen-bond acceptors (Lipinski definition) is 2. The van der Waals surface area contributed by atoms with Crippen molar-refractivity contribution in [1.29, 1.82) is 0 Å². The highest BCUT2D eigenvalue weighted by Crippen LogP contribution is 2.42. The van der Waals surface area contributed by atoms with Crippen molar-refractivity contribution in [3.8, 4) is 0 Å². The monoisotopic (exact) mass is 238 g/mol. The van der Waals surface area contributed by atoms with Crippen molar-refractivity contribution in [1.82, 2.24) is 4.98 Å². The van der Waals surface area contributed by atoms with Gasteiger partial charge < -0.3 is 5.32 Å². The van der Waals surface area contributed by atoms with Gasteiger partial charge in [0.05, 0.1) is 0 Å². The Bertz CT molecular complexity index is 528. The van der Waals surface area contributed by atoms with Gasteiger partial charge in [-0.15, -0.1) is 0 Å². The van der Waals surface area contributed by atoms with E-state index in [2.05, 4.69) is 52.8 Å². The first kappa shape index (κ1) is 11.3. The van der Waals surface area contributed by atoms with Crippen LogP contribution in [-0.4, -0.2) is 11.0 Å². The van der Waals surface area contributed by atoms with E-state index in [4.69, 9.17) is 0 Å². The van der Waals surface area contributed by atoms with Crippen molar-refractivity contribution in [2.24, 2.45) is 0 Å². The number of rotatable bonds is 3. The smallest absolute Gasteiger partial charge is 0.0396 e. The van der Waals surface area contributed by atoms with Crippen molar-refractivity contribution in [2.75, 3.05) is 5.32 Å². The van der Waals surface area contributed by atoms with E-state index in [0.717, 1.165) is 11.4 Å². The van der Waals surface area contributed by atoms with E-state index < -0.39 is 0 Å². The van der Waals surface area contributed by atoms with Crippen LogP contribution in [0, 0.1) is 13.8 Å². The molecule has 1 aliphatic carbocycles. The summed E-state index contributed by atoms with van der Waals surface area (Å²) in [5, 5.41) is 3.61. The van der Waals surface area contributed by atoms with Gasteiger partial charge in [0.25, 0.3) is 0 Å². The first-order valence-corrected chi connectivity index (χ1v) is 6.49. The third-order valence-corrected chi connectivity index (χ3v) is 3.45. The fourth-order valence-corrected chi connectivity index (χ4v) is 2.56. The second-order valence-electron chi connectivity index (χ2n) is 5.14. The minimum absolute atomic E-state index is 0.577. The third-order valence-electron chi connectivity index (χ3n) is 3.45. The average molecular weight is 238 g/mol. The van der Waals surface area contributed by atoms with E-state index in [0.29, 0.717) is 12.0 Å². The van der Waals surface area contributed by atoms with Gasteiger partial charge in [-0.3, -0.25) is 4.98 Å². The highest BCUT2D eigenvalue weighted by Gasteiger charge is 2.38. The molecule has 0 saturated heterocycles. The molecule has 1 aromatic heterocycles. The van der Waals surface area contributed by atoms with Gasteiger partial charge in [0.15, 0.2) is 0 Å². The Hall–Kier alpha value is -1.83. The molecular formula is C16H18N2. The maximum Gasteiger partial charge on any atom is 0.0396 e. The van der Waals surface area contributed by atoms with Crippen LogP contribution < -0.4 is 5.32 Å². The fourth-order valence-electron chi connectivity index (χ4n) is 2.56. The molecule has 1 saturated carbocycles. The van der Waals surface area contributed by atoms with E-state index in [-0.39, 0.29) is 0 Å². The van der Waals surface area contributed by atoms with Crippen LogP contribution in [0.2, 0.25) is 0 Å². The number of pyridine rings is 1. The molecule has 18 heavy (non-hydrogen) atoms. The zero-order chi connectivity index (χ0) is 12.5.